The summed E-state index contributed by atoms with van der Waals surface area (Å²) >= 11 is 0. The fraction of sp³-hybridized carbons (Fsp3) is 0.333. The molecule has 0 saturated heterocycles. The van der Waals surface area contributed by atoms with Gasteiger partial charge < -0.3 is 10.2 Å². The van der Waals surface area contributed by atoms with Crippen LogP contribution in [0, 0.1) is 13.8 Å². The molecule has 2 aromatic rings. The zero-order valence-electron chi connectivity index (χ0n) is 11.2. The first-order valence-electron chi connectivity index (χ1n) is 6.13. The number of anilines is 1. The molecule has 0 amide bonds. The molecule has 0 unspecified atom stereocenters. The summed E-state index contributed by atoms with van der Waals surface area (Å²) in [6.07, 6.45) is 1.74. The van der Waals surface area contributed by atoms with Gasteiger partial charge in [0.05, 0.1) is 6.26 Å². The van der Waals surface area contributed by atoms with Crippen LogP contribution in [0.5, 0.6) is 0 Å². The average molecular weight is 244 g/mol. The lowest BCUT2D eigenvalue weighted by Gasteiger charge is -2.17. The summed E-state index contributed by atoms with van der Waals surface area (Å²) < 4.78 is 5.31. The Hall–Kier alpha value is -1.74. The number of nitrogens with two attached hydrogens (primary N) is 1. The molecule has 1 aromatic carbocycles. The van der Waals surface area contributed by atoms with Crippen molar-refractivity contribution in [1.82, 2.24) is 4.90 Å². The molecule has 96 valence electrons. The molecule has 0 atom stereocenters. The SMILES string of the molecule is Cc1cc(CN(C)Cc2ccoc2C)ccc1N. The lowest BCUT2D eigenvalue weighted by molar-refractivity contribution is 0.316. The standard InChI is InChI=1S/C15H20N2O/c1-11-8-13(4-5-15(11)16)9-17(3)10-14-6-7-18-12(14)2/h4-8H,9-10,16H2,1-3H3. The van der Waals surface area contributed by atoms with Gasteiger partial charge in [0.25, 0.3) is 0 Å². The van der Waals surface area contributed by atoms with E-state index in [4.69, 9.17) is 10.2 Å². The van der Waals surface area contributed by atoms with E-state index in [0.29, 0.717) is 0 Å². The molecule has 0 fully saturated rings. The predicted molar refractivity (Wildman–Crippen MR) is 74.2 cm³/mol. The second-order valence-electron chi connectivity index (χ2n) is 4.87. The van der Waals surface area contributed by atoms with Gasteiger partial charge in [0.15, 0.2) is 0 Å². The fourth-order valence-corrected chi connectivity index (χ4v) is 2.07. The minimum absolute atomic E-state index is 0.854. The Morgan fingerprint density at radius 1 is 1.17 bits per heavy atom. The maximum Gasteiger partial charge on any atom is 0.105 e. The van der Waals surface area contributed by atoms with Crippen molar-refractivity contribution < 1.29 is 4.42 Å². The molecule has 18 heavy (non-hydrogen) atoms. The Labute approximate surface area is 108 Å². The van der Waals surface area contributed by atoms with E-state index in [1.165, 1.54) is 11.1 Å². The van der Waals surface area contributed by atoms with Crippen LogP contribution in [-0.2, 0) is 13.1 Å². The Morgan fingerprint density at radius 3 is 2.56 bits per heavy atom. The Morgan fingerprint density at radius 2 is 1.94 bits per heavy atom. The third-order valence-electron chi connectivity index (χ3n) is 3.19. The number of rotatable bonds is 4. The van der Waals surface area contributed by atoms with E-state index in [1.807, 2.05) is 26.0 Å². The van der Waals surface area contributed by atoms with Gasteiger partial charge in [-0.3, -0.25) is 4.90 Å². The van der Waals surface area contributed by atoms with Crippen LogP contribution in [0.25, 0.3) is 0 Å². The summed E-state index contributed by atoms with van der Waals surface area (Å²) in [5, 5.41) is 0. The first-order chi connectivity index (χ1) is 8.56. The van der Waals surface area contributed by atoms with Gasteiger partial charge in [-0.1, -0.05) is 12.1 Å². The minimum atomic E-state index is 0.854. The molecule has 0 radical (unpaired) electrons. The lowest BCUT2D eigenvalue weighted by atomic mass is 10.1. The van der Waals surface area contributed by atoms with Crippen molar-refractivity contribution >= 4 is 5.69 Å². The molecule has 1 aromatic heterocycles. The Bertz CT molecular complexity index is 531. The van der Waals surface area contributed by atoms with Gasteiger partial charge in [0.1, 0.15) is 5.76 Å². The smallest absolute Gasteiger partial charge is 0.105 e. The molecule has 0 spiro atoms. The van der Waals surface area contributed by atoms with Crippen LogP contribution in [0.1, 0.15) is 22.5 Å². The summed E-state index contributed by atoms with van der Waals surface area (Å²) in [7, 11) is 2.11. The molecule has 2 N–H and O–H groups in total. The highest BCUT2D eigenvalue weighted by Gasteiger charge is 2.06. The number of nitrogen functional groups attached to an aromatic ring is 1. The number of furan rings is 1. The van der Waals surface area contributed by atoms with Crippen LogP contribution in [0.4, 0.5) is 5.69 Å². The number of hydrogen-bond donors (Lipinski definition) is 1. The normalized spacial score (nSPS) is 11.1. The van der Waals surface area contributed by atoms with Crippen LogP contribution < -0.4 is 5.73 Å². The molecule has 3 nitrogen and oxygen atoms in total. The van der Waals surface area contributed by atoms with E-state index in [2.05, 4.69) is 24.1 Å². The summed E-state index contributed by atoms with van der Waals surface area (Å²) in [6.45, 7) is 5.84. The maximum absolute atomic E-state index is 5.82. The van der Waals surface area contributed by atoms with Gasteiger partial charge in [0.2, 0.25) is 0 Å². The molecule has 2 rings (SSSR count). The summed E-state index contributed by atoms with van der Waals surface area (Å²) in [5.74, 6) is 0.996. The summed E-state index contributed by atoms with van der Waals surface area (Å²) in [6, 6.07) is 8.23. The quantitative estimate of drug-likeness (QED) is 0.840. The van der Waals surface area contributed by atoms with Crippen molar-refractivity contribution in [3.05, 3.63) is 53.0 Å². The van der Waals surface area contributed by atoms with Gasteiger partial charge >= 0.3 is 0 Å². The molecule has 0 aliphatic heterocycles. The molecule has 0 bridgehead atoms. The minimum Gasteiger partial charge on any atom is -0.469 e. The van der Waals surface area contributed by atoms with Crippen LogP contribution in [0.15, 0.2) is 34.9 Å². The van der Waals surface area contributed by atoms with Crippen LogP contribution in [0.2, 0.25) is 0 Å². The van der Waals surface area contributed by atoms with Crippen LogP contribution in [0.3, 0.4) is 0 Å². The fourth-order valence-electron chi connectivity index (χ4n) is 2.07. The second-order valence-corrected chi connectivity index (χ2v) is 4.87. The molecule has 0 saturated carbocycles. The van der Waals surface area contributed by atoms with Crippen molar-refractivity contribution in [2.75, 3.05) is 12.8 Å². The number of benzene rings is 1. The van der Waals surface area contributed by atoms with Crippen molar-refractivity contribution in [2.45, 2.75) is 26.9 Å². The largest absolute Gasteiger partial charge is 0.469 e. The van der Waals surface area contributed by atoms with E-state index >= 15 is 0 Å². The van der Waals surface area contributed by atoms with Gasteiger partial charge in [-0.15, -0.1) is 0 Å². The highest BCUT2D eigenvalue weighted by molar-refractivity contribution is 5.47. The molecule has 3 heteroatoms. The zero-order valence-corrected chi connectivity index (χ0v) is 11.2. The predicted octanol–water partition coefficient (Wildman–Crippen LogP) is 3.11. The van der Waals surface area contributed by atoms with E-state index < -0.39 is 0 Å². The second kappa shape index (κ2) is 5.27. The van der Waals surface area contributed by atoms with Gasteiger partial charge in [0, 0.05) is 24.3 Å². The Balaban J connectivity index is 2.01. The van der Waals surface area contributed by atoms with Gasteiger partial charge in [-0.25, -0.2) is 0 Å². The highest BCUT2D eigenvalue weighted by Crippen LogP contribution is 2.16. The van der Waals surface area contributed by atoms with Crippen LogP contribution >= 0.6 is 0 Å². The monoisotopic (exact) mass is 244 g/mol. The van der Waals surface area contributed by atoms with Gasteiger partial charge in [-0.2, -0.15) is 0 Å². The third kappa shape index (κ3) is 2.93. The highest BCUT2D eigenvalue weighted by atomic mass is 16.3. The molecule has 1 heterocycles. The van der Waals surface area contributed by atoms with Gasteiger partial charge in [-0.05, 0) is 44.2 Å². The van der Waals surface area contributed by atoms with Crippen molar-refractivity contribution in [3.8, 4) is 0 Å². The summed E-state index contributed by atoms with van der Waals surface area (Å²) in [4.78, 5) is 2.27. The first-order valence-corrected chi connectivity index (χ1v) is 6.13. The average Bonchev–Trinajstić information content (AvgIpc) is 2.70. The van der Waals surface area contributed by atoms with E-state index in [0.717, 1.165) is 30.1 Å². The molecular weight excluding hydrogens is 224 g/mol. The number of nitrogens with zero attached hydrogens (tertiary/aromatic N) is 1. The van der Waals surface area contributed by atoms with Crippen molar-refractivity contribution in [3.63, 3.8) is 0 Å². The third-order valence-corrected chi connectivity index (χ3v) is 3.19. The molecular formula is C15H20N2O. The Kier molecular flexibility index (Phi) is 3.72. The number of hydrogen-bond acceptors (Lipinski definition) is 3. The van der Waals surface area contributed by atoms with Crippen molar-refractivity contribution in [1.29, 1.82) is 0 Å². The first kappa shape index (κ1) is 12.7. The lowest BCUT2D eigenvalue weighted by Crippen LogP contribution is -2.17. The molecule has 0 aliphatic rings. The summed E-state index contributed by atoms with van der Waals surface area (Å²) in [5.41, 5.74) is 10.3. The van der Waals surface area contributed by atoms with Crippen LogP contribution in [-0.4, -0.2) is 11.9 Å². The molecule has 0 aliphatic carbocycles. The maximum atomic E-state index is 5.82. The van der Waals surface area contributed by atoms with E-state index in [9.17, 15) is 0 Å². The van der Waals surface area contributed by atoms with E-state index in [-0.39, 0.29) is 0 Å². The number of aryl methyl sites for hydroxylation is 2. The van der Waals surface area contributed by atoms with Crippen molar-refractivity contribution in [2.24, 2.45) is 0 Å². The van der Waals surface area contributed by atoms with E-state index in [1.54, 1.807) is 6.26 Å². The topological polar surface area (TPSA) is 42.4 Å². The zero-order chi connectivity index (χ0) is 13.1.